The summed E-state index contributed by atoms with van der Waals surface area (Å²) in [5.74, 6) is -2.06. The minimum absolute atomic E-state index is 0.179. The van der Waals surface area contributed by atoms with Crippen molar-refractivity contribution in [3.8, 4) is 0 Å². The fourth-order valence-corrected chi connectivity index (χ4v) is 4.11. The third kappa shape index (κ3) is 7.51. The molecule has 208 valence electrons. The third-order valence-corrected chi connectivity index (χ3v) is 6.32. The van der Waals surface area contributed by atoms with Gasteiger partial charge in [-0.3, -0.25) is 4.79 Å². The first-order chi connectivity index (χ1) is 17.9. The number of carbonyl (C=O) groups excluding carboxylic acids is 2. The molecule has 38 heavy (non-hydrogen) atoms. The normalized spacial score (nSPS) is 24.0. The van der Waals surface area contributed by atoms with Crippen molar-refractivity contribution in [1.82, 2.24) is 0 Å². The van der Waals surface area contributed by atoms with Crippen LogP contribution in [0.1, 0.15) is 18.1 Å². The number of alkyl halides is 3. The molecule has 0 amide bonds. The Labute approximate surface area is 216 Å². The summed E-state index contributed by atoms with van der Waals surface area (Å²) in [5, 5.41) is 0. The predicted octanol–water partition coefficient (Wildman–Crippen LogP) is 2.85. The van der Waals surface area contributed by atoms with E-state index in [-0.39, 0.29) is 13.2 Å². The monoisotopic (exact) mass is 562 g/mol. The lowest BCUT2D eigenvalue weighted by Crippen LogP contribution is -2.63. The quantitative estimate of drug-likeness (QED) is 0.243. The van der Waals surface area contributed by atoms with Crippen molar-refractivity contribution in [2.24, 2.45) is 0 Å². The molecule has 0 bridgehead atoms. The Bertz CT molecular complexity index is 1170. The van der Waals surface area contributed by atoms with Crippen molar-refractivity contribution in [1.29, 1.82) is 0 Å². The van der Waals surface area contributed by atoms with Gasteiger partial charge in [0.15, 0.2) is 12.2 Å². The predicted molar refractivity (Wildman–Crippen MR) is 122 cm³/mol. The van der Waals surface area contributed by atoms with Gasteiger partial charge in [0.1, 0.15) is 12.2 Å². The first-order valence-electron chi connectivity index (χ1n) is 11.1. The number of hydrogen-bond donors (Lipinski definition) is 0. The summed E-state index contributed by atoms with van der Waals surface area (Å²) in [6.07, 6.45) is -9.09. The molecule has 1 heterocycles. The highest BCUT2D eigenvalue weighted by Gasteiger charge is 2.57. The number of hydrogen-bond acceptors (Lipinski definition) is 10. The van der Waals surface area contributed by atoms with Gasteiger partial charge in [0.25, 0.3) is 0 Å². The Kier molecular flexibility index (Phi) is 9.84. The minimum atomic E-state index is -6.22. The maximum Gasteiger partial charge on any atom is 0.523 e. The summed E-state index contributed by atoms with van der Waals surface area (Å²) in [6, 6.07) is 16.9. The molecule has 2 aromatic rings. The molecular weight excluding hydrogens is 537 g/mol. The lowest BCUT2D eigenvalue weighted by molar-refractivity contribution is -0.296. The molecule has 10 nitrogen and oxygen atoms in total. The van der Waals surface area contributed by atoms with E-state index in [1.165, 1.54) is 0 Å². The smallest absolute Gasteiger partial charge is 0.467 e. The van der Waals surface area contributed by atoms with Crippen LogP contribution in [0.3, 0.4) is 0 Å². The fourth-order valence-electron chi connectivity index (χ4n) is 3.59. The van der Waals surface area contributed by atoms with E-state index in [2.05, 4.69) is 8.92 Å². The van der Waals surface area contributed by atoms with Gasteiger partial charge in [-0.1, -0.05) is 60.7 Å². The van der Waals surface area contributed by atoms with Crippen LogP contribution in [0.5, 0.6) is 0 Å². The number of ether oxygens (including phenoxy) is 5. The van der Waals surface area contributed by atoms with Crippen molar-refractivity contribution in [3.63, 3.8) is 0 Å². The third-order valence-electron chi connectivity index (χ3n) is 5.31. The van der Waals surface area contributed by atoms with E-state index in [4.69, 9.17) is 18.9 Å². The van der Waals surface area contributed by atoms with E-state index in [0.29, 0.717) is 11.1 Å². The van der Waals surface area contributed by atoms with E-state index < -0.39 is 58.3 Å². The lowest BCUT2D eigenvalue weighted by atomic mass is 9.97. The Morgan fingerprint density at radius 1 is 0.868 bits per heavy atom. The van der Waals surface area contributed by atoms with Crippen molar-refractivity contribution >= 4 is 22.1 Å². The molecular formula is C24H25F3O10S. The molecule has 1 aliphatic heterocycles. The van der Waals surface area contributed by atoms with Gasteiger partial charge in [0, 0.05) is 6.92 Å². The van der Waals surface area contributed by atoms with Crippen molar-refractivity contribution in [2.45, 2.75) is 56.4 Å². The van der Waals surface area contributed by atoms with Gasteiger partial charge in [0.05, 0.1) is 20.3 Å². The van der Waals surface area contributed by atoms with Crippen LogP contribution in [0, 0.1) is 0 Å². The average Bonchev–Trinajstić information content (AvgIpc) is 2.87. The molecule has 0 N–H and O–H groups in total. The van der Waals surface area contributed by atoms with Crippen LogP contribution in [0.15, 0.2) is 60.7 Å². The average molecular weight is 563 g/mol. The van der Waals surface area contributed by atoms with E-state index in [1.807, 2.05) is 0 Å². The Morgan fingerprint density at radius 2 is 1.37 bits per heavy atom. The second-order valence-corrected chi connectivity index (χ2v) is 9.60. The molecule has 0 aliphatic carbocycles. The molecule has 0 unspecified atom stereocenters. The van der Waals surface area contributed by atoms with Crippen molar-refractivity contribution in [3.05, 3.63) is 71.8 Å². The van der Waals surface area contributed by atoms with Gasteiger partial charge in [-0.05, 0) is 11.1 Å². The van der Waals surface area contributed by atoms with E-state index in [1.54, 1.807) is 60.7 Å². The van der Waals surface area contributed by atoms with Crippen molar-refractivity contribution in [2.75, 3.05) is 7.11 Å². The Hall–Kier alpha value is -3.04. The molecule has 0 radical (unpaired) electrons. The van der Waals surface area contributed by atoms with Gasteiger partial charge < -0.3 is 23.7 Å². The van der Waals surface area contributed by atoms with Crippen LogP contribution in [0.2, 0.25) is 0 Å². The number of benzene rings is 2. The molecule has 1 saturated heterocycles. The zero-order valence-electron chi connectivity index (χ0n) is 20.2. The van der Waals surface area contributed by atoms with Gasteiger partial charge in [-0.2, -0.15) is 21.6 Å². The van der Waals surface area contributed by atoms with E-state index >= 15 is 0 Å². The number of esters is 2. The topological polar surface area (TPSA) is 124 Å². The summed E-state index contributed by atoms with van der Waals surface area (Å²) < 4.78 is 94.7. The molecule has 2 aromatic carbocycles. The summed E-state index contributed by atoms with van der Waals surface area (Å²) >= 11 is 0. The second kappa shape index (κ2) is 12.7. The first kappa shape index (κ1) is 29.5. The summed E-state index contributed by atoms with van der Waals surface area (Å²) in [4.78, 5) is 24.4. The Balaban J connectivity index is 2.04. The minimum Gasteiger partial charge on any atom is -0.467 e. The highest BCUT2D eigenvalue weighted by molar-refractivity contribution is 7.87. The molecule has 3 rings (SSSR count). The van der Waals surface area contributed by atoms with E-state index in [9.17, 15) is 31.2 Å². The highest BCUT2D eigenvalue weighted by Crippen LogP contribution is 2.34. The zero-order valence-corrected chi connectivity index (χ0v) is 21.0. The van der Waals surface area contributed by atoms with Crippen LogP contribution < -0.4 is 0 Å². The van der Waals surface area contributed by atoms with Crippen LogP contribution in [-0.4, -0.2) is 63.7 Å². The lowest BCUT2D eigenvalue weighted by Gasteiger charge is -2.43. The molecule has 0 spiro atoms. The molecule has 0 saturated carbocycles. The highest BCUT2D eigenvalue weighted by atomic mass is 32.2. The SMILES string of the molecule is COC(=O)[C@H]1O[C@H](OS(=O)(=O)C(F)(F)F)[C@@H](OCc2ccccc2)[C@@H](OCc2ccccc2)[C@@H]1OC(C)=O. The number of carbonyl (C=O) groups is 2. The standard InChI is InChI=1S/C24H25F3O10S/c1-15(28)35-19-18(33-13-16-9-5-3-6-10-16)21(34-14-17-11-7-4-8-12-17)23(36-20(19)22(29)32-2)37-38(30,31)24(25,26)27/h3-12,18-21,23H,13-14H2,1-2H3/t18-,19-,20-,21-,23+/m0/s1. The Morgan fingerprint density at radius 3 is 1.82 bits per heavy atom. The second-order valence-electron chi connectivity index (χ2n) is 8.04. The number of rotatable bonds is 10. The van der Waals surface area contributed by atoms with Crippen LogP contribution in [0.4, 0.5) is 13.2 Å². The first-order valence-corrected chi connectivity index (χ1v) is 12.5. The number of halogens is 3. The largest absolute Gasteiger partial charge is 0.523 e. The zero-order chi connectivity index (χ0) is 27.9. The fraction of sp³-hybridized carbons (Fsp3) is 0.417. The van der Waals surface area contributed by atoms with Crippen LogP contribution in [0.25, 0.3) is 0 Å². The summed E-state index contributed by atoms with van der Waals surface area (Å²) in [6.45, 7) is 0.599. The van der Waals surface area contributed by atoms with E-state index in [0.717, 1.165) is 14.0 Å². The maximum atomic E-state index is 13.2. The number of methoxy groups -OCH3 is 1. The molecule has 14 heteroatoms. The van der Waals surface area contributed by atoms with Gasteiger partial charge in [-0.25, -0.2) is 8.98 Å². The van der Waals surface area contributed by atoms with Crippen LogP contribution >= 0.6 is 0 Å². The molecule has 1 aliphatic rings. The molecule has 5 atom stereocenters. The molecule has 1 fully saturated rings. The van der Waals surface area contributed by atoms with Crippen LogP contribution in [-0.2, 0) is 60.8 Å². The summed E-state index contributed by atoms with van der Waals surface area (Å²) in [5.41, 5.74) is -4.64. The van der Waals surface area contributed by atoms with Gasteiger partial charge in [0.2, 0.25) is 6.29 Å². The molecule has 0 aromatic heterocycles. The summed E-state index contributed by atoms with van der Waals surface area (Å²) in [7, 11) is -5.27. The van der Waals surface area contributed by atoms with Crippen molar-refractivity contribution < 1.29 is 59.0 Å². The van der Waals surface area contributed by atoms with Gasteiger partial charge >= 0.3 is 27.6 Å². The maximum absolute atomic E-state index is 13.2. The van der Waals surface area contributed by atoms with Gasteiger partial charge in [-0.15, -0.1) is 0 Å².